The highest BCUT2D eigenvalue weighted by atomic mass is 32.1. The van der Waals surface area contributed by atoms with Crippen LogP contribution >= 0.6 is 11.3 Å². The first-order valence-corrected chi connectivity index (χ1v) is 12.9. The van der Waals surface area contributed by atoms with Crippen LogP contribution < -0.4 is 15.5 Å². The van der Waals surface area contributed by atoms with Gasteiger partial charge in [0.05, 0.1) is 23.1 Å². The summed E-state index contributed by atoms with van der Waals surface area (Å²) in [5.41, 5.74) is -0.703. The molecular weight excluding hydrogens is 519 g/mol. The number of hydrogen-bond donors (Lipinski definition) is 2. The number of ether oxygens (including phenoxy) is 1. The van der Waals surface area contributed by atoms with E-state index in [4.69, 9.17) is 4.74 Å². The minimum absolute atomic E-state index is 0.128. The van der Waals surface area contributed by atoms with Gasteiger partial charge in [-0.05, 0) is 48.1 Å². The molecule has 3 amide bonds. The number of thiophene rings is 1. The normalized spacial score (nSPS) is 16.0. The van der Waals surface area contributed by atoms with Gasteiger partial charge < -0.3 is 15.4 Å². The quantitative estimate of drug-likeness (QED) is 0.413. The monoisotopic (exact) mass is 545 g/mol. The predicted octanol–water partition coefficient (Wildman–Crippen LogP) is 4.57. The summed E-state index contributed by atoms with van der Waals surface area (Å²) in [7, 11) is 0. The van der Waals surface area contributed by atoms with Gasteiger partial charge in [0.25, 0.3) is 5.91 Å². The van der Waals surface area contributed by atoms with Crippen molar-refractivity contribution < 1.29 is 32.3 Å². The van der Waals surface area contributed by atoms with Gasteiger partial charge in [0.2, 0.25) is 11.8 Å². The van der Waals surface area contributed by atoms with Crippen LogP contribution in [0.4, 0.5) is 18.9 Å². The van der Waals surface area contributed by atoms with E-state index in [1.807, 2.05) is 0 Å². The number of alkyl halides is 3. The lowest BCUT2D eigenvalue weighted by atomic mass is 10.0. The molecule has 7 nitrogen and oxygen atoms in total. The average Bonchev–Trinajstić information content (AvgIpc) is 3.64. The minimum atomic E-state index is -4.66. The van der Waals surface area contributed by atoms with Gasteiger partial charge >= 0.3 is 6.18 Å². The van der Waals surface area contributed by atoms with E-state index in [9.17, 15) is 27.6 Å². The van der Waals surface area contributed by atoms with Crippen LogP contribution in [0, 0.1) is 0 Å². The maximum Gasteiger partial charge on any atom is 0.416 e. The van der Waals surface area contributed by atoms with Crippen molar-refractivity contribution in [2.45, 2.75) is 31.2 Å². The van der Waals surface area contributed by atoms with Crippen molar-refractivity contribution in [1.29, 1.82) is 0 Å². The summed E-state index contributed by atoms with van der Waals surface area (Å²) >= 11 is 1.18. The lowest BCUT2D eigenvalue weighted by Crippen LogP contribution is -2.48. The van der Waals surface area contributed by atoms with Crippen LogP contribution in [0.15, 0.2) is 72.1 Å². The average molecular weight is 546 g/mol. The van der Waals surface area contributed by atoms with E-state index in [0.717, 1.165) is 29.9 Å². The number of hydrogen-bond acceptors (Lipinski definition) is 5. The van der Waals surface area contributed by atoms with E-state index in [-0.39, 0.29) is 18.3 Å². The second-order valence-electron chi connectivity index (χ2n) is 8.67. The summed E-state index contributed by atoms with van der Waals surface area (Å²) < 4.78 is 46.3. The Morgan fingerprint density at radius 1 is 1.03 bits per heavy atom. The third-order valence-corrected chi connectivity index (χ3v) is 6.88. The van der Waals surface area contributed by atoms with E-state index in [1.165, 1.54) is 23.5 Å². The van der Waals surface area contributed by atoms with Gasteiger partial charge in [0.15, 0.2) is 0 Å². The molecule has 4 rings (SSSR count). The third-order valence-electron chi connectivity index (χ3n) is 6.02. The van der Waals surface area contributed by atoms with Crippen LogP contribution in [0.25, 0.3) is 0 Å². The molecule has 2 atom stereocenters. The SMILES string of the molecule is O=C(NCC(=O)N(c1cccc(C(F)(F)F)c1)[C@@H](C(=O)NC[C@H]1CCCO1)c1ccccc1)c1cccs1. The molecule has 1 saturated heterocycles. The molecule has 2 N–H and O–H groups in total. The summed E-state index contributed by atoms with van der Waals surface area (Å²) in [6.45, 7) is 0.249. The van der Waals surface area contributed by atoms with Crippen molar-refractivity contribution in [3.63, 3.8) is 0 Å². The summed E-state index contributed by atoms with van der Waals surface area (Å²) in [5, 5.41) is 7.01. The zero-order valence-corrected chi connectivity index (χ0v) is 21.1. The van der Waals surface area contributed by atoms with Crippen molar-refractivity contribution in [2.75, 3.05) is 24.6 Å². The van der Waals surface area contributed by atoms with E-state index in [1.54, 1.807) is 47.8 Å². The Morgan fingerprint density at radius 2 is 1.82 bits per heavy atom. The fourth-order valence-corrected chi connectivity index (χ4v) is 4.81. The van der Waals surface area contributed by atoms with Crippen LogP contribution in [-0.2, 0) is 20.5 Å². The molecule has 38 heavy (non-hydrogen) atoms. The lowest BCUT2D eigenvalue weighted by Gasteiger charge is -2.32. The molecule has 200 valence electrons. The van der Waals surface area contributed by atoms with Gasteiger partial charge in [-0.2, -0.15) is 13.2 Å². The predicted molar refractivity (Wildman–Crippen MR) is 137 cm³/mol. The Labute approximate surface area is 221 Å². The molecule has 1 aliphatic heterocycles. The number of halogens is 3. The van der Waals surface area contributed by atoms with Gasteiger partial charge in [-0.3, -0.25) is 19.3 Å². The molecule has 2 aromatic carbocycles. The summed E-state index contributed by atoms with van der Waals surface area (Å²) in [6, 6.07) is 14.5. The largest absolute Gasteiger partial charge is 0.416 e. The number of nitrogens with one attached hydrogen (secondary N) is 2. The highest BCUT2D eigenvalue weighted by Crippen LogP contribution is 2.34. The molecule has 0 saturated carbocycles. The number of benzene rings is 2. The first-order valence-electron chi connectivity index (χ1n) is 12.0. The summed E-state index contributed by atoms with van der Waals surface area (Å²) in [5.74, 6) is -1.84. The number of anilines is 1. The van der Waals surface area contributed by atoms with E-state index >= 15 is 0 Å². The van der Waals surface area contributed by atoms with Crippen molar-refractivity contribution >= 4 is 34.7 Å². The molecule has 0 unspecified atom stereocenters. The minimum Gasteiger partial charge on any atom is -0.376 e. The van der Waals surface area contributed by atoms with Crippen LogP contribution in [-0.4, -0.2) is 43.5 Å². The van der Waals surface area contributed by atoms with Gasteiger partial charge in [0.1, 0.15) is 6.04 Å². The highest BCUT2D eigenvalue weighted by molar-refractivity contribution is 7.12. The van der Waals surface area contributed by atoms with Gasteiger partial charge in [0, 0.05) is 18.8 Å². The first kappa shape index (κ1) is 27.3. The first-order chi connectivity index (χ1) is 18.2. The fourth-order valence-electron chi connectivity index (χ4n) is 4.17. The van der Waals surface area contributed by atoms with E-state index < -0.39 is 42.0 Å². The zero-order valence-electron chi connectivity index (χ0n) is 20.2. The van der Waals surface area contributed by atoms with Crippen LogP contribution in [0.5, 0.6) is 0 Å². The Kier molecular flexibility index (Phi) is 8.80. The molecule has 11 heteroatoms. The van der Waals surface area contributed by atoms with Crippen LogP contribution in [0.2, 0.25) is 0 Å². The van der Waals surface area contributed by atoms with Gasteiger partial charge in [-0.15, -0.1) is 11.3 Å². The molecule has 3 aromatic rings. The fraction of sp³-hybridized carbons (Fsp3) is 0.296. The van der Waals surface area contributed by atoms with Crippen molar-refractivity contribution in [3.05, 3.63) is 88.1 Å². The molecule has 0 bridgehead atoms. The molecule has 1 aromatic heterocycles. The number of carbonyl (C=O) groups is 3. The Hall–Kier alpha value is -3.70. The van der Waals surface area contributed by atoms with Crippen LogP contribution in [0.1, 0.15) is 39.7 Å². The Bertz CT molecular complexity index is 1250. The highest BCUT2D eigenvalue weighted by Gasteiger charge is 2.36. The number of amides is 3. The second kappa shape index (κ2) is 12.2. The number of carbonyl (C=O) groups excluding carboxylic acids is 3. The Morgan fingerprint density at radius 3 is 2.47 bits per heavy atom. The molecule has 1 fully saturated rings. The van der Waals surface area contributed by atoms with E-state index in [2.05, 4.69) is 10.6 Å². The standard InChI is InChI=1S/C27H26F3N3O4S/c28-27(29,30)19-9-4-10-20(15-19)33(23(34)17-32-25(35)22-12-6-14-38-22)24(18-7-2-1-3-8-18)26(36)31-16-21-11-5-13-37-21/h1-4,6-10,12,14-15,21,24H,5,11,13,16-17H2,(H,31,36)(H,32,35)/t21-,24-/m1/s1. The van der Waals surface area contributed by atoms with Gasteiger partial charge in [-0.25, -0.2) is 0 Å². The van der Waals surface area contributed by atoms with Gasteiger partial charge in [-0.1, -0.05) is 42.5 Å². The maximum atomic E-state index is 13.6. The molecule has 0 spiro atoms. The second-order valence-corrected chi connectivity index (χ2v) is 9.61. The lowest BCUT2D eigenvalue weighted by molar-refractivity contribution is -0.137. The third kappa shape index (κ3) is 6.78. The van der Waals surface area contributed by atoms with Crippen LogP contribution in [0.3, 0.4) is 0 Å². The molecular formula is C27H26F3N3O4S. The summed E-state index contributed by atoms with van der Waals surface area (Å²) in [4.78, 5) is 41.0. The van der Waals surface area contributed by atoms with Crippen molar-refractivity contribution in [3.8, 4) is 0 Å². The number of rotatable bonds is 9. The number of nitrogens with zero attached hydrogens (tertiary/aromatic N) is 1. The van der Waals surface area contributed by atoms with Crippen molar-refractivity contribution in [2.24, 2.45) is 0 Å². The maximum absolute atomic E-state index is 13.6. The topological polar surface area (TPSA) is 87.7 Å². The van der Waals surface area contributed by atoms with E-state index in [0.29, 0.717) is 17.0 Å². The molecule has 1 aliphatic rings. The molecule has 2 heterocycles. The summed E-state index contributed by atoms with van der Waals surface area (Å²) in [6.07, 6.45) is -3.22. The molecule has 0 aliphatic carbocycles. The van der Waals surface area contributed by atoms with Crippen molar-refractivity contribution in [1.82, 2.24) is 10.6 Å². The zero-order chi connectivity index (χ0) is 27.1. The molecule has 0 radical (unpaired) electrons. The smallest absolute Gasteiger partial charge is 0.376 e. The Balaban J connectivity index is 1.69.